The number of nitrogens with one attached hydrogen (secondary N) is 1. The summed E-state index contributed by atoms with van der Waals surface area (Å²) in [6, 6.07) is 4.74. The van der Waals surface area contributed by atoms with Gasteiger partial charge in [0.2, 0.25) is 0 Å². The number of halogens is 1. The molecular weight excluding hydrogens is 221 g/mol. The Morgan fingerprint density at radius 3 is 3.12 bits per heavy atom. The summed E-state index contributed by atoms with van der Waals surface area (Å²) in [5, 5.41) is 0.369. The molecule has 1 aliphatic rings. The number of hydrogen-bond donors (Lipinski definition) is 1. The zero-order chi connectivity index (χ0) is 11.8. The normalized spacial score (nSPS) is 19.9. The Labute approximate surface area is 97.6 Å². The van der Waals surface area contributed by atoms with Crippen LogP contribution in [0.2, 0.25) is 0 Å². The molecule has 1 aliphatic heterocycles. The summed E-state index contributed by atoms with van der Waals surface area (Å²) in [6.45, 7) is 0.612. The maximum atomic E-state index is 13.7. The SMILES string of the molecule is O=C(c1c[nH]c2cccc(F)c12)C1CCCO1. The summed E-state index contributed by atoms with van der Waals surface area (Å²) < 4.78 is 19.1. The molecule has 1 atom stereocenters. The fraction of sp³-hybridized carbons (Fsp3) is 0.308. The lowest BCUT2D eigenvalue weighted by molar-refractivity contribution is 0.0644. The number of ether oxygens (including phenoxy) is 1. The van der Waals surface area contributed by atoms with Gasteiger partial charge in [0.25, 0.3) is 0 Å². The smallest absolute Gasteiger partial charge is 0.193 e. The van der Waals surface area contributed by atoms with Crippen LogP contribution in [0.3, 0.4) is 0 Å². The highest BCUT2D eigenvalue weighted by Crippen LogP contribution is 2.25. The van der Waals surface area contributed by atoms with Gasteiger partial charge in [0.15, 0.2) is 5.78 Å². The quantitative estimate of drug-likeness (QED) is 0.810. The number of carbonyl (C=O) groups is 1. The maximum Gasteiger partial charge on any atom is 0.193 e. The summed E-state index contributed by atoms with van der Waals surface area (Å²) in [4.78, 5) is 15.1. The summed E-state index contributed by atoms with van der Waals surface area (Å²) >= 11 is 0. The summed E-state index contributed by atoms with van der Waals surface area (Å²) in [6.07, 6.45) is 2.77. The van der Waals surface area contributed by atoms with Crippen molar-refractivity contribution in [3.8, 4) is 0 Å². The number of aromatic amines is 1. The van der Waals surface area contributed by atoms with Crippen LogP contribution in [-0.2, 0) is 4.74 Å². The van der Waals surface area contributed by atoms with Gasteiger partial charge in [0, 0.05) is 29.3 Å². The summed E-state index contributed by atoms with van der Waals surface area (Å²) in [5.41, 5.74) is 1.04. The highest BCUT2D eigenvalue weighted by atomic mass is 19.1. The summed E-state index contributed by atoms with van der Waals surface area (Å²) in [5.74, 6) is -0.496. The predicted molar refractivity (Wildman–Crippen MR) is 61.6 cm³/mol. The molecule has 1 N–H and O–H groups in total. The first-order chi connectivity index (χ1) is 8.27. The molecule has 1 aromatic heterocycles. The van der Waals surface area contributed by atoms with Gasteiger partial charge in [-0.25, -0.2) is 4.39 Å². The van der Waals surface area contributed by atoms with Gasteiger partial charge in [0.05, 0.1) is 0 Å². The number of H-pyrrole nitrogens is 1. The van der Waals surface area contributed by atoms with E-state index in [2.05, 4.69) is 4.98 Å². The molecule has 0 amide bonds. The number of ketones is 1. The zero-order valence-electron chi connectivity index (χ0n) is 9.20. The Kier molecular flexibility index (Phi) is 2.44. The second-order valence-electron chi connectivity index (χ2n) is 4.23. The van der Waals surface area contributed by atoms with Crippen molar-refractivity contribution in [1.29, 1.82) is 0 Å². The van der Waals surface area contributed by atoms with Gasteiger partial charge in [-0.05, 0) is 25.0 Å². The van der Waals surface area contributed by atoms with Crippen molar-refractivity contribution >= 4 is 16.7 Å². The minimum atomic E-state index is -0.409. The van der Waals surface area contributed by atoms with E-state index in [9.17, 15) is 9.18 Å². The van der Waals surface area contributed by atoms with Crippen LogP contribution in [0.15, 0.2) is 24.4 Å². The first-order valence-corrected chi connectivity index (χ1v) is 5.69. The van der Waals surface area contributed by atoms with Crippen molar-refractivity contribution in [3.05, 3.63) is 35.8 Å². The lowest BCUT2D eigenvalue weighted by atomic mass is 10.0. The van der Waals surface area contributed by atoms with Gasteiger partial charge >= 0.3 is 0 Å². The van der Waals surface area contributed by atoms with Crippen molar-refractivity contribution in [2.24, 2.45) is 0 Å². The molecule has 2 heterocycles. The molecule has 0 radical (unpaired) electrons. The largest absolute Gasteiger partial charge is 0.370 e. The Hall–Kier alpha value is -1.68. The van der Waals surface area contributed by atoms with E-state index in [-0.39, 0.29) is 11.6 Å². The third-order valence-electron chi connectivity index (χ3n) is 3.14. The monoisotopic (exact) mass is 233 g/mol. The fourth-order valence-corrected chi connectivity index (χ4v) is 2.29. The van der Waals surface area contributed by atoms with Gasteiger partial charge in [-0.1, -0.05) is 6.07 Å². The fourth-order valence-electron chi connectivity index (χ4n) is 2.29. The Morgan fingerprint density at radius 2 is 2.35 bits per heavy atom. The lowest BCUT2D eigenvalue weighted by Gasteiger charge is -2.06. The van der Waals surface area contributed by atoms with E-state index in [4.69, 9.17) is 4.74 Å². The van der Waals surface area contributed by atoms with Crippen molar-refractivity contribution in [1.82, 2.24) is 4.98 Å². The molecule has 0 saturated carbocycles. The molecular formula is C13H12FNO2. The number of hydrogen-bond acceptors (Lipinski definition) is 2. The topological polar surface area (TPSA) is 42.1 Å². The molecule has 1 fully saturated rings. The zero-order valence-corrected chi connectivity index (χ0v) is 9.20. The first kappa shape index (κ1) is 10.5. The predicted octanol–water partition coefficient (Wildman–Crippen LogP) is 2.67. The molecule has 4 heteroatoms. The average molecular weight is 233 g/mol. The molecule has 0 bridgehead atoms. The highest BCUT2D eigenvalue weighted by molar-refractivity contribution is 6.10. The molecule has 88 valence electrons. The molecule has 1 aromatic carbocycles. The van der Waals surface area contributed by atoms with E-state index in [0.29, 0.717) is 23.1 Å². The second kappa shape index (κ2) is 3.96. The van der Waals surface area contributed by atoms with Crippen molar-refractivity contribution in [2.75, 3.05) is 6.61 Å². The molecule has 17 heavy (non-hydrogen) atoms. The van der Waals surface area contributed by atoms with E-state index in [1.807, 2.05) is 0 Å². The molecule has 3 rings (SSSR count). The van der Waals surface area contributed by atoms with Gasteiger partial charge in [0.1, 0.15) is 11.9 Å². The van der Waals surface area contributed by atoms with Crippen LogP contribution < -0.4 is 0 Å². The second-order valence-corrected chi connectivity index (χ2v) is 4.23. The van der Waals surface area contributed by atoms with E-state index in [0.717, 1.165) is 12.8 Å². The molecule has 2 aromatic rings. The van der Waals surface area contributed by atoms with Crippen molar-refractivity contribution in [2.45, 2.75) is 18.9 Å². The standard InChI is InChI=1S/C13H12FNO2/c14-9-3-1-4-10-12(9)8(7-15-10)13(16)11-5-2-6-17-11/h1,3-4,7,11,15H,2,5-6H2. The van der Waals surface area contributed by atoms with E-state index < -0.39 is 6.10 Å². The number of rotatable bonds is 2. The lowest BCUT2D eigenvalue weighted by Crippen LogP contribution is -2.19. The Morgan fingerprint density at radius 1 is 1.47 bits per heavy atom. The van der Waals surface area contributed by atoms with E-state index >= 15 is 0 Å². The van der Waals surface area contributed by atoms with Crippen LogP contribution in [0, 0.1) is 5.82 Å². The molecule has 3 nitrogen and oxygen atoms in total. The number of benzene rings is 1. The maximum absolute atomic E-state index is 13.7. The van der Waals surface area contributed by atoms with Gasteiger partial charge in [-0.3, -0.25) is 4.79 Å². The molecule has 1 saturated heterocycles. The third kappa shape index (κ3) is 1.65. The summed E-state index contributed by atoms with van der Waals surface area (Å²) in [7, 11) is 0. The highest BCUT2D eigenvalue weighted by Gasteiger charge is 2.27. The van der Waals surface area contributed by atoms with Gasteiger partial charge in [-0.15, -0.1) is 0 Å². The Balaban J connectivity index is 2.08. The number of aromatic nitrogens is 1. The third-order valence-corrected chi connectivity index (χ3v) is 3.14. The van der Waals surface area contributed by atoms with Crippen LogP contribution in [0.5, 0.6) is 0 Å². The van der Waals surface area contributed by atoms with Crippen molar-refractivity contribution in [3.63, 3.8) is 0 Å². The van der Waals surface area contributed by atoms with E-state index in [1.165, 1.54) is 6.07 Å². The van der Waals surface area contributed by atoms with E-state index in [1.54, 1.807) is 18.3 Å². The molecule has 1 unspecified atom stereocenters. The van der Waals surface area contributed by atoms with Crippen LogP contribution >= 0.6 is 0 Å². The number of fused-ring (bicyclic) bond motifs is 1. The van der Waals surface area contributed by atoms with Crippen LogP contribution in [0.25, 0.3) is 10.9 Å². The average Bonchev–Trinajstić information content (AvgIpc) is 2.98. The van der Waals surface area contributed by atoms with Gasteiger partial charge in [-0.2, -0.15) is 0 Å². The number of carbonyl (C=O) groups excluding carboxylic acids is 1. The molecule has 0 aliphatic carbocycles. The van der Waals surface area contributed by atoms with Gasteiger partial charge < -0.3 is 9.72 Å². The number of Topliss-reactive ketones (excluding diaryl/α,β-unsaturated/α-hetero) is 1. The van der Waals surface area contributed by atoms with Crippen LogP contribution in [0.1, 0.15) is 23.2 Å². The van der Waals surface area contributed by atoms with Crippen LogP contribution in [0.4, 0.5) is 4.39 Å². The molecule has 0 spiro atoms. The minimum absolute atomic E-state index is 0.126. The van der Waals surface area contributed by atoms with Crippen molar-refractivity contribution < 1.29 is 13.9 Å². The van der Waals surface area contributed by atoms with Crippen LogP contribution in [-0.4, -0.2) is 23.5 Å². The first-order valence-electron chi connectivity index (χ1n) is 5.69. The minimum Gasteiger partial charge on any atom is -0.370 e. The Bertz CT molecular complexity index is 570.